The highest BCUT2D eigenvalue weighted by Crippen LogP contribution is 2.29. The van der Waals surface area contributed by atoms with Crippen LogP contribution in [0.4, 0.5) is 5.69 Å². The molecule has 0 aliphatic heterocycles. The molecule has 0 aliphatic rings. The third-order valence-corrected chi connectivity index (χ3v) is 6.38. The van der Waals surface area contributed by atoms with Crippen molar-refractivity contribution in [2.75, 3.05) is 10.5 Å². The molecule has 2 aromatic heterocycles. The summed E-state index contributed by atoms with van der Waals surface area (Å²) in [6.07, 6.45) is 3.35. The van der Waals surface area contributed by atoms with E-state index in [4.69, 9.17) is 4.98 Å². The minimum Gasteiger partial charge on any atom is -0.348 e. The van der Waals surface area contributed by atoms with Crippen molar-refractivity contribution in [1.29, 1.82) is 0 Å². The zero-order valence-corrected chi connectivity index (χ0v) is 18.6. The first kappa shape index (κ1) is 21.5. The minimum absolute atomic E-state index is 0.0783. The predicted molar refractivity (Wildman–Crippen MR) is 125 cm³/mol. The molecule has 0 unspecified atom stereocenters. The van der Waals surface area contributed by atoms with Gasteiger partial charge in [0.1, 0.15) is 5.82 Å². The number of fused-ring (bicyclic) bond motifs is 1. The highest BCUT2D eigenvalue weighted by Gasteiger charge is 2.20. The summed E-state index contributed by atoms with van der Waals surface area (Å²) < 4.78 is 28.7. The monoisotopic (exact) mass is 449 g/mol. The molecule has 0 spiro atoms. The Bertz CT molecular complexity index is 1370. The summed E-state index contributed by atoms with van der Waals surface area (Å²) in [4.78, 5) is 21.9. The molecule has 32 heavy (non-hydrogen) atoms. The van der Waals surface area contributed by atoms with Gasteiger partial charge in [-0.25, -0.2) is 13.4 Å². The summed E-state index contributed by atoms with van der Waals surface area (Å²) in [6, 6.07) is 16.5. The maximum atomic E-state index is 13.2. The lowest BCUT2D eigenvalue weighted by molar-refractivity contribution is 0.0952. The Labute approximate surface area is 186 Å². The third-order valence-electron chi connectivity index (χ3n) is 5.08. The van der Waals surface area contributed by atoms with E-state index in [1.165, 1.54) is 0 Å². The van der Waals surface area contributed by atoms with Crippen molar-refractivity contribution in [3.8, 4) is 11.4 Å². The summed E-state index contributed by atoms with van der Waals surface area (Å²) in [7, 11) is -1.68. The van der Waals surface area contributed by atoms with E-state index in [0.29, 0.717) is 34.7 Å². The normalized spacial score (nSPS) is 11.4. The molecule has 164 valence electrons. The van der Waals surface area contributed by atoms with Gasteiger partial charge >= 0.3 is 0 Å². The van der Waals surface area contributed by atoms with E-state index in [2.05, 4.69) is 15.0 Å². The van der Waals surface area contributed by atoms with Crippen LogP contribution in [0, 0.1) is 0 Å². The van der Waals surface area contributed by atoms with Crippen molar-refractivity contribution in [2.24, 2.45) is 7.05 Å². The molecule has 0 saturated carbocycles. The fraction of sp³-hybridized carbons (Fsp3) is 0.174. The van der Waals surface area contributed by atoms with Gasteiger partial charge < -0.3 is 9.88 Å². The second-order valence-corrected chi connectivity index (χ2v) is 9.31. The highest BCUT2D eigenvalue weighted by atomic mass is 32.2. The lowest BCUT2D eigenvalue weighted by Gasteiger charge is -2.11. The van der Waals surface area contributed by atoms with Gasteiger partial charge in [0.05, 0.1) is 28.0 Å². The van der Waals surface area contributed by atoms with E-state index in [1.54, 1.807) is 37.5 Å². The Morgan fingerprint density at radius 3 is 2.56 bits per heavy atom. The number of hydrogen-bond acceptors (Lipinski definition) is 5. The predicted octanol–water partition coefficient (Wildman–Crippen LogP) is 3.33. The molecule has 1 amide bonds. The van der Waals surface area contributed by atoms with Crippen LogP contribution in [-0.2, 0) is 23.6 Å². The number of pyridine rings is 1. The van der Waals surface area contributed by atoms with Crippen LogP contribution in [0.25, 0.3) is 22.4 Å². The van der Waals surface area contributed by atoms with Gasteiger partial charge in [0, 0.05) is 31.5 Å². The number of carbonyl (C=O) groups excluding carboxylic acids is 1. The number of aryl methyl sites for hydroxylation is 1. The number of benzene rings is 2. The van der Waals surface area contributed by atoms with Crippen LogP contribution in [0.2, 0.25) is 0 Å². The summed E-state index contributed by atoms with van der Waals surface area (Å²) in [5, 5.41) is 2.89. The summed E-state index contributed by atoms with van der Waals surface area (Å²) in [6.45, 7) is 1.85. The quantitative estimate of drug-likeness (QED) is 0.450. The van der Waals surface area contributed by atoms with E-state index in [-0.39, 0.29) is 11.7 Å². The maximum Gasteiger partial charge on any atom is 0.253 e. The molecule has 2 aromatic carbocycles. The van der Waals surface area contributed by atoms with Crippen molar-refractivity contribution >= 4 is 32.7 Å². The van der Waals surface area contributed by atoms with Crippen LogP contribution in [0.5, 0.6) is 0 Å². The molecule has 2 N–H and O–H groups in total. The Hall–Kier alpha value is -3.72. The Morgan fingerprint density at radius 1 is 1.09 bits per heavy atom. The van der Waals surface area contributed by atoms with Gasteiger partial charge in [0.15, 0.2) is 0 Å². The molecule has 0 fully saturated rings. The van der Waals surface area contributed by atoms with Crippen LogP contribution in [0.1, 0.15) is 22.8 Å². The molecular weight excluding hydrogens is 426 g/mol. The number of amides is 1. The van der Waals surface area contributed by atoms with E-state index in [0.717, 1.165) is 11.1 Å². The number of aromatic nitrogens is 3. The Balaban J connectivity index is 1.80. The van der Waals surface area contributed by atoms with Gasteiger partial charge in [0.2, 0.25) is 10.0 Å². The van der Waals surface area contributed by atoms with Gasteiger partial charge in [-0.3, -0.25) is 14.5 Å². The molecule has 0 saturated heterocycles. The number of rotatable bonds is 7. The van der Waals surface area contributed by atoms with E-state index in [1.807, 2.05) is 48.0 Å². The largest absolute Gasteiger partial charge is 0.348 e. The summed E-state index contributed by atoms with van der Waals surface area (Å²) >= 11 is 0. The molecule has 4 aromatic rings. The first-order valence-corrected chi connectivity index (χ1v) is 11.8. The molecule has 2 heterocycles. The topological polar surface area (TPSA) is 106 Å². The summed E-state index contributed by atoms with van der Waals surface area (Å²) in [5.74, 6) is 0.266. The van der Waals surface area contributed by atoms with Gasteiger partial charge in [0.25, 0.3) is 5.91 Å². The van der Waals surface area contributed by atoms with Crippen molar-refractivity contribution in [3.05, 3.63) is 78.1 Å². The molecule has 0 aliphatic carbocycles. The van der Waals surface area contributed by atoms with Crippen molar-refractivity contribution < 1.29 is 13.2 Å². The number of hydrogen-bond donors (Lipinski definition) is 2. The molecule has 0 atom stereocenters. The van der Waals surface area contributed by atoms with E-state index < -0.39 is 10.0 Å². The van der Waals surface area contributed by atoms with Crippen molar-refractivity contribution in [1.82, 2.24) is 19.9 Å². The van der Waals surface area contributed by atoms with Crippen molar-refractivity contribution in [3.63, 3.8) is 0 Å². The van der Waals surface area contributed by atoms with Crippen LogP contribution < -0.4 is 10.0 Å². The van der Waals surface area contributed by atoms with Gasteiger partial charge in [-0.2, -0.15) is 0 Å². The Kier molecular flexibility index (Phi) is 5.91. The average molecular weight is 450 g/mol. The second kappa shape index (κ2) is 8.80. The molecule has 0 radical (unpaired) electrons. The Morgan fingerprint density at radius 2 is 1.88 bits per heavy atom. The lowest BCUT2D eigenvalue weighted by atomic mass is 10.1. The number of carbonyl (C=O) groups is 1. The fourth-order valence-corrected chi connectivity index (χ4v) is 4.08. The van der Waals surface area contributed by atoms with Gasteiger partial charge in [-0.15, -0.1) is 0 Å². The third kappa shape index (κ3) is 4.47. The van der Waals surface area contributed by atoms with Crippen molar-refractivity contribution in [2.45, 2.75) is 13.5 Å². The van der Waals surface area contributed by atoms with E-state index >= 15 is 0 Å². The van der Waals surface area contributed by atoms with Gasteiger partial charge in [-0.1, -0.05) is 36.4 Å². The second-order valence-electron chi connectivity index (χ2n) is 7.30. The highest BCUT2D eigenvalue weighted by molar-refractivity contribution is 7.92. The minimum atomic E-state index is -3.52. The number of nitrogens with one attached hydrogen (secondary N) is 2. The lowest BCUT2D eigenvalue weighted by Crippen LogP contribution is -2.24. The number of sulfonamides is 1. The zero-order valence-electron chi connectivity index (χ0n) is 17.7. The zero-order chi connectivity index (χ0) is 22.7. The maximum absolute atomic E-state index is 13.2. The van der Waals surface area contributed by atoms with Crippen LogP contribution in [0.15, 0.2) is 67.0 Å². The standard InChI is InChI=1S/C23H23N5O3S/c1-3-32(30,31)27-18-12-19(23(29)25-15-16-8-7-11-24-14-16)21-20(13-18)26-22(28(21)2)17-9-5-4-6-10-17/h4-14,27H,3,15H2,1-2H3,(H,25,29). The SMILES string of the molecule is CCS(=O)(=O)Nc1cc(C(=O)NCc2cccnc2)c2c(c1)nc(-c1ccccc1)n2C. The number of nitrogens with zero attached hydrogens (tertiary/aromatic N) is 3. The van der Waals surface area contributed by atoms with Crippen LogP contribution in [-0.4, -0.2) is 34.6 Å². The molecule has 0 bridgehead atoms. The first-order chi connectivity index (χ1) is 15.4. The van der Waals surface area contributed by atoms with Crippen LogP contribution in [0.3, 0.4) is 0 Å². The van der Waals surface area contributed by atoms with E-state index in [9.17, 15) is 13.2 Å². The molecule has 4 rings (SSSR count). The number of imidazole rings is 1. The van der Waals surface area contributed by atoms with Crippen LogP contribution >= 0.6 is 0 Å². The molecular formula is C23H23N5O3S. The molecule has 8 nitrogen and oxygen atoms in total. The average Bonchev–Trinajstić information content (AvgIpc) is 3.14. The van der Waals surface area contributed by atoms with Gasteiger partial charge in [-0.05, 0) is 30.7 Å². The molecule has 9 heteroatoms. The fourth-order valence-electron chi connectivity index (χ4n) is 3.46. The number of anilines is 1. The first-order valence-electron chi connectivity index (χ1n) is 10.1. The smallest absolute Gasteiger partial charge is 0.253 e. The summed E-state index contributed by atoms with van der Waals surface area (Å²) in [5.41, 5.74) is 3.51.